The number of phenols is 1. The van der Waals surface area contributed by atoms with Crippen LogP contribution in [0.1, 0.15) is 50.5 Å². The smallest absolute Gasteiger partial charge is 0.119 e. The summed E-state index contributed by atoms with van der Waals surface area (Å²) in [5.74, 6) is 0.378. The predicted molar refractivity (Wildman–Crippen MR) is 68.8 cm³/mol. The summed E-state index contributed by atoms with van der Waals surface area (Å²) in [6.45, 7) is 8.42. The summed E-state index contributed by atoms with van der Waals surface area (Å²) in [6, 6.07) is 5.79. The van der Waals surface area contributed by atoms with Gasteiger partial charge in [-0.2, -0.15) is 12.6 Å². The maximum absolute atomic E-state index is 9.80. The van der Waals surface area contributed by atoms with Crippen molar-refractivity contribution in [1.82, 2.24) is 0 Å². The number of phenolic OH excluding ortho intramolecular Hbond substituents is 1. The number of benzene rings is 1. The summed E-state index contributed by atoms with van der Waals surface area (Å²) >= 11 is 4.52. The molecule has 0 aliphatic carbocycles. The van der Waals surface area contributed by atoms with E-state index < -0.39 is 0 Å². The van der Waals surface area contributed by atoms with E-state index in [4.69, 9.17) is 0 Å². The lowest BCUT2D eigenvalue weighted by molar-refractivity contribution is 0.446. The van der Waals surface area contributed by atoms with Gasteiger partial charge < -0.3 is 5.11 Å². The van der Waals surface area contributed by atoms with E-state index in [-0.39, 0.29) is 10.7 Å². The van der Waals surface area contributed by atoms with Gasteiger partial charge in [-0.05, 0) is 29.0 Å². The van der Waals surface area contributed by atoms with E-state index in [1.54, 1.807) is 6.07 Å². The summed E-state index contributed by atoms with van der Waals surface area (Å²) in [4.78, 5) is 0. The zero-order valence-electron chi connectivity index (χ0n) is 9.91. The van der Waals surface area contributed by atoms with E-state index in [0.717, 1.165) is 12.0 Å². The topological polar surface area (TPSA) is 20.2 Å². The molecule has 0 amide bonds. The van der Waals surface area contributed by atoms with Gasteiger partial charge in [-0.1, -0.05) is 39.8 Å². The number of aromatic hydroxyl groups is 1. The lowest BCUT2D eigenvalue weighted by Crippen LogP contribution is -2.12. The molecule has 0 fully saturated rings. The zero-order chi connectivity index (χ0) is 11.6. The van der Waals surface area contributed by atoms with E-state index in [1.165, 1.54) is 5.56 Å². The number of hydrogen-bond acceptors (Lipinski definition) is 2. The number of thiol groups is 1. The third-order valence-corrected chi connectivity index (χ3v) is 3.26. The summed E-state index contributed by atoms with van der Waals surface area (Å²) in [7, 11) is 0. The summed E-state index contributed by atoms with van der Waals surface area (Å²) in [5, 5.41) is 10.1. The van der Waals surface area contributed by atoms with E-state index in [2.05, 4.69) is 46.4 Å². The second-order valence-electron chi connectivity index (χ2n) is 4.95. The second kappa shape index (κ2) is 4.48. The quantitative estimate of drug-likeness (QED) is 0.726. The zero-order valence-corrected chi connectivity index (χ0v) is 10.8. The van der Waals surface area contributed by atoms with Crippen molar-refractivity contribution >= 4 is 12.6 Å². The van der Waals surface area contributed by atoms with Crippen molar-refractivity contribution in [1.29, 1.82) is 0 Å². The van der Waals surface area contributed by atoms with Crippen LogP contribution in [0.2, 0.25) is 0 Å². The standard InChI is InChI=1S/C13H20OS/c1-5-12(15)9-6-7-11(14)10(8-9)13(2,3)4/h6-8,12,14-15H,5H2,1-4H3. The van der Waals surface area contributed by atoms with Crippen LogP contribution in [0.4, 0.5) is 0 Å². The minimum Gasteiger partial charge on any atom is -0.508 e. The monoisotopic (exact) mass is 224 g/mol. The van der Waals surface area contributed by atoms with Crippen LogP contribution in [-0.4, -0.2) is 5.11 Å². The molecule has 15 heavy (non-hydrogen) atoms. The Morgan fingerprint density at radius 3 is 2.40 bits per heavy atom. The molecule has 1 rings (SSSR count). The maximum atomic E-state index is 9.80. The van der Waals surface area contributed by atoms with Crippen LogP contribution in [0.3, 0.4) is 0 Å². The van der Waals surface area contributed by atoms with Crippen LogP contribution in [0.25, 0.3) is 0 Å². The molecular formula is C13H20OS. The second-order valence-corrected chi connectivity index (χ2v) is 5.57. The molecule has 0 aliphatic heterocycles. The van der Waals surface area contributed by atoms with Crippen molar-refractivity contribution in [2.45, 2.75) is 44.8 Å². The molecule has 0 aliphatic rings. The highest BCUT2D eigenvalue weighted by molar-refractivity contribution is 7.80. The highest BCUT2D eigenvalue weighted by atomic mass is 32.1. The average molecular weight is 224 g/mol. The molecule has 0 saturated carbocycles. The minimum absolute atomic E-state index is 0.0265. The van der Waals surface area contributed by atoms with Gasteiger partial charge in [0.15, 0.2) is 0 Å². The van der Waals surface area contributed by atoms with Crippen molar-refractivity contribution in [3.8, 4) is 5.75 Å². The maximum Gasteiger partial charge on any atom is 0.119 e. The first-order valence-electron chi connectivity index (χ1n) is 5.37. The fourth-order valence-corrected chi connectivity index (χ4v) is 1.76. The Kier molecular flexibility index (Phi) is 3.72. The van der Waals surface area contributed by atoms with Crippen LogP contribution >= 0.6 is 12.6 Å². The normalized spacial score (nSPS) is 13.9. The lowest BCUT2D eigenvalue weighted by Gasteiger charge is -2.22. The summed E-state index contributed by atoms with van der Waals surface area (Å²) < 4.78 is 0. The Labute approximate surface area is 97.9 Å². The van der Waals surface area contributed by atoms with Crippen molar-refractivity contribution in [2.75, 3.05) is 0 Å². The molecule has 0 heterocycles. The Balaban J connectivity index is 3.17. The fourth-order valence-electron chi connectivity index (χ4n) is 1.60. The van der Waals surface area contributed by atoms with E-state index in [1.807, 2.05) is 6.07 Å². The van der Waals surface area contributed by atoms with Gasteiger partial charge >= 0.3 is 0 Å². The third kappa shape index (κ3) is 2.91. The largest absolute Gasteiger partial charge is 0.508 e. The molecule has 0 bridgehead atoms. The van der Waals surface area contributed by atoms with Crippen LogP contribution in [0.5, 0.6) is 5.75 Å². The van der Waals surface area contributed by atoms with E-state index in [0.29, 0.717) is 5.75 Å². The Hall–Kier alpha value is -0.630. The van der Waals surface area contributed by atoms with Gasteiger partial charge in [-0.25, -0.2) is 0 Å². The molecule has 84 valence electrons. The molecule has 1 atom stereocenters. The van der Waals surface area contributed by atoms with E-state index >= 15 is 0 Å². The number of rotatable bonds is 2. The van der Waals surface area contributed by atoms with Crippen LogP contribution in [0.15, 0.2) is 18.2 Å². The van der Waals surface area contributed by atoms with Crippen molar-refractivity contribution in [3.63, 3.8) is 0 Å². The highest BCUT2D eigenvalue weighted by Crippen LogP contribution is 2.34. The molecule has 1 nitrogen and oxygen atoms in total. The fraction of sp³-hybridized carbons (Fsp3) is 0.538. The van der Waals surface area contributed by atoms with Gasteiger partial charge in [-0.15, -0.1) is 0 Å². The first-order valence-corrected chi connectivity index (χ1v) is 5.89. The highest BCUT2D eigenvalue weighted by Gasteiger charge is 2.19. The molecule has 0 radical (unpaired) electrons. The SMILES string of the molecule is CCC(S)c1ccc(O)c(C(C)(C)C)c1. The molecule has 0 aromatic heterocycles. The molecule has 1 aromatic carbocycles. The van der Waals surface area contributed by atoms with Crippen LogP contribution in [0, 0.1) is 0 Å². The van der Waals surface area contributed by atoms with Gasteiger partial charge in [-0.3, -0.25) is 0 Å². The lowest BCUT2D eigenvalue weighted by atomic mass is 9.85. The molecule has 2 heteroatoms. The van der Waals surface area contributed by atoms with Crippen molar-refractivity contribution in [2.24, 2.45) is 0 Å². The molecule has 1 unspecified atom stereocenters. The minimum atomic E-state index is -0.0265. The van der Waals surface area contributed by atoms with Gasteiger partial charge in [0, 0.05) is 5.25 Å². The summed E-state index contributed by atoms with van der Waals surface area (Å²) in [5.41, 5.74) is 2.15. The van der Waals surface area contributed by atoms with Crippen molar-refractivity contribution < 1.29 is 5.11 Å². The Morgan fingerprint density at radius 2 is 1.93 bits per heavy atom. The molecule has 1 N–H and O–H groups in total. The van der Waals surface area contributed by atoms with Gasteiger partial charge in [0.05, 0.1) is 0 Å². The predicted octanol–water partition coefficient (Wildman–Crippen LogP) is 4.07. The first kappa shape index (κ1) is 12.4. The van der Waals surface area contributed by atoms with E-state index in [9.17, 15) is 5.11 Å². The molecular weight excluding hydrogens is 204 g/mol. The molecule has 1 aromatic rings. The molecule has 0 saturated heterocycles. The first-order chi connectivity index (χ1) is 6.86. The van der Waals surface area contributed by atoms with Gasteiger partial charge in [0.25, 0.3) is 0 Å². The van der Waals surface area contributed by atoms with Crippen molar-refractivity contribution in [3.05, 3.63) is 29.3 Å². The Bertz CT molecular complexity index is 339. The number of hydrogen-bond donors (Lipinski definition) is 2. The van der Waals surface area contributed by atoms with Gasteiger partial charge in [0.1, 0.15) is 5.75 Å². The third-order valence-electron chi connectivity index (χ3n) is 2.60. The van der Waals surface area contributed by atoms with Crippen LogP contribution < -0.4 is 0 Å². The average Bonchev–Trinajstić information content (AvgIpc) is 2.15. The summed E-state index contributed by atoms with van der Waals surface area (Å²) in [6.07, 6.45) is 0.997. The molecule has 0 spiro atoms. The van der Waals surface area contributed by atoms with Crippen LogP contribution in [-0.2, 0) is 5.41 Å². The Morgan fingerprint density at radius 1 is 1.33 bits per heavy atom. The van der Waals surface area contributed by atoms with Gasteiger partial charge in [0.2, 0.25) is 0 Å².